The molecule has 2 aliphatic heterocycles. The number of halogens is 3. The first kappa shape index (κ1) is 20.1. The van der Waals surface area contributed by atoms with E-state index >= 15 is 0 Å². The third kappa shape index (κ3) is 4.30. The van der Waals surface area contributed by atoms with Gasteiger partial charge in [-0.25, -0.2) is 8.78 Å². The molecular formula is C18H26ClF2N3O. The zero-order valence-corrected chi connectivity index (χ0v) is 15.4. The Bertz CT molecular complexity index is 608. The van der Waals surface area contributed by atoms with Crippen molar-refractivity contribution in [2.75, 3.05) is 13.1 Å². The molecule has 0 aromatic heterocycles. The van der Waals surface area contributed by atoms with Crippen LogP contribution in [0.5, 0.6) is 0 Å². The predicted octanol–water partition coefficient (Wildman–Crippen LogP) is 2.78. The van der Waals surface area contributed by atoms with E-state index in [4.69, 9.17) is 0 Å². The van der Waals surface area contributed by atoms with Gasteiger partial charge in [-0.1, -0.05) is 6.07 Å². The lowest BCUT2D eigenvalue weighted by molar-refractivity contribution is -0.123. The summed E-state index contributed by atoms with van der Waals surface area (Å²) in [7, 11) is 0. The van der Waals surface area contributed by atoms with Crippen molar-refractivity contribution in [2.45, 2.75) is 57.3 Å². The molecule has 0 bridgehead atoms. The van der Waals surface area contributed by atoms with Gasteiger partial charge in [0.05, 0.1) is 12.1 Å². The van der Waals surface area contributed by atoms with Crippen LogP contribution >= 0.6 is 12.4 Å². The van der Waals surface area contributed by atoms with Gasteiger partial charge in [0.15, 0.2) is 11.6 Å². The molecule has 0 spiro atoms. The standard InChI is InChI=1S/C18H25F2N3O.ClH/c1-11(2)23-9-7-15(22-18(24)16-4-3-8-21-16)17(23)12-5-6-13(19)14(20)10-12;/h5-6,10-11,15-17,21H,3-4,7-9H2,1-2H3,(H,22,24);1H. The van der Waals surface area contributed by atoms with Crippen molar-refractivity contribution in [2.24, 2.45) is 0 Å². The summed E-state index contributed by atoms with van der Waals surface area (Å²) in [5.74, 6) is -1.68. The Morgan fingerprint density at radius 2 is 2.04 bits per heavy atom. The van der Waals surface area contributed by atoms with Gasteiger partial charge in [0.25, 0.3) is 0 Å². The van der Waals surface area contributed by atoms with E-state index in [9.17, 15) is 13.6 Å². The van der Waals surface area contributed by atoms with E-state index in [1.54, 1.807) is 6.07 Å². The van der Waals surface area contributed by atoms with Gasteiger partial charge in [-0.15, -0.1) is 12.4 Å². The molecule has 3 rings (SSSR count). The highest BCUT2D eigenvalue weighted by molar-refractivity contribution is 5.85. The number of carbonyl (C=O) groups excluding carboxylic acids is 1. The highest BCUT2D eigenvalue weighted by atomic mass is 35.5. The summed E-state index contributed by atoms with van der Waals surface area (Å²) in [5, 5.41) is 6.33. The highest BCUT2D eigenvalue weighted by Gasteiger charge is 2.38. The van der Waals surface area contributed by atoms with Gasteiger partial charge in [-0.05, 0) is 57.4 Å². The molecule has 2 aliphatic rings. The summed E-state index contributed by atoms with van der Waals surface area (Å²) in [6.07, 6.45) is 2.66. The average Bonchev–Trinajstić information content (AvgIpc) is 3.19. The number of likely N-dealkylation sites (tertiary alicyclic amines) is 1. The van der Waals surface area contributed by atoms with Gasteiger partial charge in [-0.3, -0.25) is 9.69 Å². The van der Waals surface area contributed by atoms with Crippen molar-refractivity contribution in [3.05, 3.63) is 35.4 Å². The molecule has 3 unspecified atom stereocenters. The Kier molecular flexibility index (Phi) is 6.77. The Morgan fingerprint density at radius 3 is 2.64 bits per heavy atom. The quantitative estimate of drug-likeness (QED) is 0.853. The first-order valence-electron chi connectivity index (χ1n) is 8.72. The van der Waals surface area contributed by atoms with Crippen molar-refractivity contribution in [1.82, 2.24) is 15.5 Å². The average molecular weight is 374 g/mol. The van der Waals surface area contributed by atoms with Crippen LogP contribution in [0.25, 0.3) is 0 Å². The van der Waals surface area contributed by atoms with Crippen molar-refractivity contribution >= 4 is 18.3 Å². The van der Waals surface area contributed by atoms with Crippen LogP contribution in [-0.4, -0.2) is 42.0 Å². The summed E-state index contributed by atoms with van der Waals surface area (Å²) >= 11 is 0. The Balaban J connectivity index is 0.00000225. The molecule has 2 saturated heterocycles. The van der Waals surface area contributed by atoms with Gasteiger partial charge in [0.1, 0.15) is 0 Å². The lowest BCUT2D eigenvalue weighted by Crippen LogP contribution is -2.47. The maximum atomic E-state index is 13.7. The smallest absolute Gasteiger partial charge is 0.237 e. The summed E-state index contributed by atoms with van der Waals surface area (Å²) in [6, 6.07) is 3.94. The van der Waals surface area contributed by atoms with Crippen LogP contribution in [0.2, 0.25) is 0 Å². The Morgan fingerprint density at radius 1 is 1.28 bits per heavy atom. The van der Waals surface area contributed by atoms with Gasteiger partial charge in [0.2, 0.25) is 5.91 Å². The molecule has 25 heavy (non-hydrogen) atoms. The maximum absolute atomic E-state index is 13.7. The van der Waals surface area contributed by atoms with Gasteiger partial charge in [-0.2, -0.15) is 0 Å². The van der Waals surface area contributed by atoms with E-state index in [1.807, 2.05) is 0 Å². The number of nitrogens with zero attached hydrogens (tertiary/aromatic N) is 1. The first-order chi connectivity index (χ1) is 11.5. The zero-order valence-electron chi connectivity index (χ0n) is 14.6. The van der Waals surface area contributed by atoms with E-state index < -0.39 is 11.6 Å². The van der Waals surface area contributed by atoms with E-state index in [1.165, 1.54) is 12.1 Å². The van der Waals surface area contributed by atoms with Crippen LogP contribution < -0.4 is 10.6 Å². The van der Waals surface area contributed by atoms with E-state index in [0.29, 0.717) is 5.56 Å². The SMILES string of the molecule is CC(C)N1CCC(NC(=O)C2CCCN2)C1c1ccc(F)c(F)c1.Cl. The minimum atomic E-state index is -0.844. The molecule has 7 heteroatoms. The third-order valence-corrected chi connectivity index (χ3v) is 5.09. The van der Waals surface area contributed by atoms with E-state index in [2.05, 4.69) is 29.4 Å². The molecule has 3 atom stereocenters. The number of benzene rings is 1. The molecule has 2 heterocycles. The zero-order chi connectivity index (χ0) is 17.3. The van der Waals surface area contributed by atoms with Crippen molar-refractivity contribution in [3.63, 3.8) is 0 Å². The van der Waals surface area contributed by atoms with E-state index in [-0.39, 0.29) is 42.5 Å². The molecule has 2 fully saturated rings. The number of amides is 1. The third-order valence-electron chi connectivity index (χ3n) is 5.09. The van der Waals surface area contributed by atoms with Gasteiger partial charge < -0.3 is 10.6 Å². The number of carbonyl (C=O) groups is 1. The highest BCUT2D eigenvalue weighted by Crippen LogP contribution is 2.34. The van der Waals surface area contributed by atoms with Crippen LogP contribution in [-0.2, 0) is 4.79 Å². The minimum Gasteiger partial charge on any atom is -0.350 e. The summed E-state index contributed by atoms with van der Waals surface area (Å²) < 4.78 is 27.0. The summed E-state index contributed by atoms with van der Waals surface area (Å²) in [5.41, 5.74) is 0.713. The molecule has 2 N–H and O–H groups in total. The fraction of sp³-hybridized carbons (Fsp3) is 0.611. The lowest BCUT2D eigenvalue weighted by atomic mass is 9.98. The Labute approximate surface area is 153 Å². The molecule has 1 aromatic rings. The molecule has 140 valence electrons. The second-order valence-corrected chi connectivity index (χ2v) is 7.00. The molecule has 0 radical (unpaired) electrons. The van der Waals surface area contributed by atoms with Crippen LogP contribution in [0, 0.1) is 11.6 Å². The van der Waals surface area contributed by atoms with Gasteiger partial charge >= 0.3 is 0 Å². The topological polar surface area (TPSA) is 44.4 Å². The lowest BCUT2D eigenvalue weighted by Gasteiger charge is -2.32. The molecule has 1 aromatic carbocycles. The fourth-order valence-corrected chi connectivity index (χ4v) is 3.86. The van der Waals surface area contributed by atoms with Crippen LogP contribution in [0.15, 0.2) is 18.2 Å². The van der Waals surface area contributed by atoms with Crippen molar-refractivity contribution < 1.29 is 13.6 Å². The number of hydrogen-bond acceptors (Lipinski definition) is 3. The largest absolute Gasteiger partial charge is 0.350 e. The predicted molar refractivity (Wildman–Crippen MR) is 95.8 cm³/mol. The molecule has 4 nitrogen and oxygen atoms in total. The maximum Gasteiger partial charge on any atom is 0.237 e. The second kappa shape index (κ2) is 8.43. The Hall–Kier alpha value is -1.24. The molecular weight excluding hydrogens is 348 g/mol. The minimum absolute atomic E-state index is 0. The molecule has 0 aliphatic carbocycles. The van der Waals surface area contributed by atoms with E-state index in [0.717, 1.165) is 32.4 Å². The normalized spacial score (nSPS) is 26.7. The monoisotopic (exact) mass is 373 g/mol. The van der Waals surface area contributed by atoms with Crippen LogP contribution in [0.3, 0.4) is 0 Å². The molecule has 1 amide bonds. The summed E-state index contributed by atoms with van der Waals surface area (Å²) in [6.45, 7) is 5.85. The van der Waals surface area contributed by atoms with Gasteiger partial charge in [0, 0.05) is 18.6 Å². The van der Waals surface area contributed by atoms with Crippen molar-refractivity contribution in [1.29, 1.82) is 0 Å². The number of hydrogen-bond donors (Lipinski definition) is 2. The first-order valence-corrected chi connectivity index (χ1v) is 8.72. The summed E-state index contributed by atoms with van der Waals surface area (Å²) in [4.78, 5) is 14.7. The number of nitrogens with one attached hydrogen (secondary N) is 2. The fourth-order valence-electron chi connectivity index (χ4n) is 3.86. The van der Waals surface area contributed by atoms with Crippen molar-refractivity contribution in [3.8, 4) is 0 Å². The second-order valence-electron chi connectivity index (χ2n) is 7.00. The van der Waals surface area contributed by atoms with Crippen LogP contribution in [0.4, 0.5) is 8.78 Å². The number of rotatable bonds is 4. The molecule has 0 saturated carbocycles. The van der Waals surface area contributed by atoms with Crippen LogP contribution in [0.1, 0.15) is 44.7 Å².